The van der Waals surface area contributed by atoms with E-state index < -0.39 is 23.3 Å². The van der Waals surface area contributed by atoms with Crippen molar-refractivity contribution in [2.45, 2.75) is 50.9 Å². The Morgan fingerprint density at radius 3 is 2.00 bits per heavy atom. The third kappa shape index (κ3) is 2.39. The second-order valence-corrected chi connectivity index (χ2v) is 5.77. The van der Waals surface area contributed by atoms with Crippen LogP contribution in [0.25, 0.3) is 0 Å². The fourth-order valence-electron chi connectivity index (χ4n) is 3.30. The summed E-state index contributed by atoms with van der Waals surface area (Å²) in [7, 11) is 0. The summed E-state index contributed by atoms with van der Waals surface area (Å²) in [5.41, 5.74) is -1.14. The van der Waals surface area contributed by atoms with Crippen molar-refractivity contribution in [3.05, 3.63) is 0 Å². The minimum atomic E-state index is -1.14. The Balaban J connectivity index is 2.07. The zero-order valence-corrected chi connectivity index (χ0v) is 11.0. The number of ether oxygens (including phenoxy) is 2. The number of aliphatic hydroxyl groups is 1. The molecule has 2 rings (SSSR count). The molecule has 0 aromatic rings. The van der Waals surface area contributed by atoms with E-state index in [1.54, 1.807) is 0 Å². The summed E-state index contributed by atoms with van der Waals surface area (Å²) in [4.78, 5) is 11.3. The summed E-state index contributed by atoms with van der Waals surface area (Å²) < 4.78 is 11.2. The predicted molar refractivity (Wildman–Crippen MR) is 64.0 cm³/mol. The molecule has 1 spiro atoms. The summed E-state index contributed by atoms with van der Waals surface area (Å²) in [6.45, 7) is 4.85. The largest absolute Gasteiger partial charge is 0.481 e. The Labute approximate surface area is 107 Å². The fourth-order valence-corrected chi connectivity index (χ4v) is 3.30. The van der Waals surface area contributed by atoms with Gasteiger partial charge >= 0.3 is 5.97 Å². The van der Waals surface area contributed by atoms with Crippen LogP contribution in [0.3, 0.4) is 0 Å². The second kappa shape index (κ2) is 4.79. The van der Waals surface area contributed by atoms with Gasteiger partial charge in [0.2, 0.25) is 0 Å². The van der Waals surface area contributed by atoms with Crippen LogP contribution in [0.15, 0.2) is 0 Å². The van der Waals surface area contributed by atoms with Crippen LogP contribution in [-0.2, 0) is 14.3 Å². The first-order valence-corrected chi connectivity index (χ1v) is 6.62. The molecule has 5 heteroatoms. The van der Waals surface area contributed by atoms with Gasteiger partial charge in [0.25, 0.3) is 0 Å². The Morgan fingerprint density at radius 2 is 1.61 bits per heavy atom. The topological polar surface area (TPSA) is 76.0 Å². The van der Waals surface area contributed by atoms with Gasteiger partial charge in [-0.1, -0.05) is 13.8 Å². The molecule has 0 amide bonds. The smallest absolute Gasteiger partial charge is 0.309 e. The molecular weight excluding hydrogens is 236 g/mol. The lowest BCUT2D eigenvalue weighted by Gasteiger charge is -2.44. The second-order valence-electron chi connectivity index (χ2n) is 5.77. The number of carboxylic acids is 1. The lowest BCUT2D eigenvalue weighted by atomic mass is 9.70. The van der Waals surface area contributed by atoms with Crippen LogP contribution in [-0.4, -0.2) is 40.8 Å². The third-order valence-electron chi connectivity index (χ3n) is 4.20. The summed E-state index contributed by atoms with van der Waals surface area (Å²) in [5, 5.41) is 19.9. The van der Waals surface area contributed by atoms with Crippen LogP contribution in [0.5, 0.6) is 0 Å². The molecule has 5 nitrogen and oxygen atoms in total. The van der Waals surface area contributed by atoms with E-state index in [2.05, 4.69) is 0 Å². The number of hydrogen-bond donors (Lipinski definition) is 2. The lowest BCUT2D eigenvalue weighted by molar-refractivity contribution is -0.215. The van der Waals surface area contributed by atoms with Crippen molar-refractivity contribution < 1.29 is 24.5 Å². The van der Waals surface area contributed by atoms with Gasteiger partial charge in [0.1, 0.15) is 0 Å². The van der Waals surface area contributed by atoms with E-state index in [0.717, 1.165) is 0 Å². The molecule has 0 aromatic heterocycles. The number of carboxylic acid groups (broad SMARTS) is 1. The summed E-state index contributed by atoms with van der Waals surface area (Å²) in [5.74, 6) is -2.30. The van der Waals surface area contributed by atoms with Crippen molar-refractivity contribution in [2.75, 3.05) is 13.2 Å². The van der Waals surface area contributed by atoms with Crippen molar-refractivity contribution >= 4 is 5.97 Å². The maximum absolute atomic E-state index is 11.3. The quantitative estimate of drug-likeness (QED) is 0.800. The van der Waals surface area contributed by atoms with Crippen molar-refractivity contribution in [3.63, 3.8) is 0 Å². The standard InChI is InChI=1S/C13H22O5/c1-9(2)10(11(14)15)12(16)3-5-13(6-4-12)17-7-8-18-13/h9-10,16H,3-8H2,1-2H3,(H,14,15). The molecule has 1 atom stereocenters. The van der Waals surface area contributed by atoms with E-state index in [1.807, 2.05) is 13.8 Å². The molecular formula is C13H22O5. The van der Waals surface area contributed by atoms with Crippen molar-refractivity contribution in [1.82, 2.24) is 0 Å². The first kappa shape index (κ1) is 13.8. The van der Waals surface area contributed by atoms with Crippen LogP contribution in [0.2, 0.25) is 0 Å². The highest BCUT2D eigenvalue weighted by molar-refractivity contribution is 5.71. The zero-order chi connectivity index (χ0) is 13.4. The summed E-state index contributed by atoms with van der Waals surface area (Å²) in [6.07, 6.45) is 1.98. The highest BCUT2D eigenvalue weighted by atomic mass is 16.7. The van der Waals surface area contributed by atoms with Crippen molar-refractivity contribution in [1.29, 1.82) is 0 Å². The van der Waals surface area contributed by atoms with E-state index in [1.165, 1.54) is 0 Å². The van der Waals surface area contributed by atoms with Gasteiger partial charge in [-0.05, 0) is 18.8 Å². The Hall–Kier alpha value is -0.650. The number of carbonyl (C=O) groups is 1. The highest BCUT2D eigenvalue weighted by Gasteiger charge is 2.51. The molecule has 1 heterocycles. The van der Waals surface area contributed by atoms with Crippen LogP contribution in [0.4, 0.5) is 0 Å². The molecule has 104 valence electrons. The molecule has 0 radical (unpaired) electrons. The Kier molecular flexibility index (Phi) is 3.67. The number of aliphatic carboxylic acids is 1. The first-order valence-electron chi connectivity index (χ1n) is 6.62. The van der Waals surface area contributed by atoms with Crippen LogP contribution < -0.4 is 0 Å². The van der Waals surface area contributed by atoms with E-state index in [4.69, 9.17) is 9.47 Å². The average Bonchev–Trinajstić information content (AvgIpc) is 2.71. The van der Waals surface area contributed by atoms with Crippen molar-refractivity contribution in [2.24, 2.45) is 11.8 Å². The minimum absolute atomic E-state index is 0.0908. The Morgan fingerprint density at radius 1 is 1.11 bits per heavy atom. The maximum Gasteiger partial charge on any atom is 0.309 e. The SMILES string of the molecule is CC(C)C(C(=O)O)C1(O)CCC2(CC1)OCCO2. The molecule has 1 aliphatic heterocycles. The van der Waals surface area contributed by atoms with Crippen LogP contribution in [0.1, 0.15) is 39.5 Å². The minimum Gasteiger partial charge on any atom is -0.481 e. The van der Waals surface area contributed by atoms with Crippen LogP contribution in [0, 0.1) is 11.8 Å². The van der Waals surface area contributed by atoms with Gasteiger partial charge in [0.15, 0.2) is 5.79 Å². The monoisotopic (exact) mass is 258 g/mol. The molecule has 2 fully saturated rings. The Bertz CT molecular complexity index is 309. The first-order chi connectivity index (χ1) is 8.39. The predicted octanol–water partition coefficient (Wildman–Crippen LogP) is 1.39. The van der Waals surface area contributed by atoms with Gasteiger partial charge in [-0.2, -0.15) is 0 Å². The van der Waals surface area contributed by atoms with E-state index in [-0.39, 0.29) is 5.92 Å². The maximum atomic E-state index is 11.3. The fraction of sp³-hybridized carbons (Fsp3) is 0.923. The van der Waals surface area contributed by atoms with E-state index in [9.17, 15) is 15.0 Å². The molecule has 2 N–H and O–H groups in total. The van der Waals surface area contributed by atoms with Gasteiger partial charge in [-0.15, -0.1) is 0 Å². The average molecular weight is 258 g/mol. The summed E-state index contributed by atoms with van der Waals surface area (Å²) >= 11 is 0. The van der Waals surface area contributed by atoms with Gasteiger partial charge in [0.05, 0.1) is 24.7 Å². The zero-order valence-electron chi connectivity index (χ0n) is 11.0. The van der Waals surface area contributed by atoms with Crippen LogP contribution >= 0.6 is 0 Å². The summed E-state index contributed by atoms with van der Waals surface area (Å²) in [6, 6.07) is 0. The molecule has 1 unspecified atom stereocenters. The molecule has 1 saturated carbocycles. The highest BCUT2D eigenvalue weighted by Crippen LogP contribution is 2.44. The molecule has 18 heavy (non-hydrogen) atoms. The number of rotatable bonds is 3. The van der Waals surface area contributed by atoms with E-state index in [0.29, 0.717) is 38.9 Å². The van der Waals surface area contributed by atoms with E-state index >= 15 is 0 Å². The van der Waals surface area contributed by atoms with Gasteiger partial charge in [-0.25, -0.2) is 0 Å². The molecule has 2 aliphatic rings. The normalized spacial score (nSPS) is 27.6. The molecule has 0 aromatic carbocycles. The lowest BCUT2D eigenvalue weighted by Crippen LogP contribution is -2.51. The molecule has 0 bridgehead atoms. The molecule has 1 saturated heterocycles. The third-order valence-corrected chi connectivity index (χ3v) is 4.20. The number of hydrogen-bond acceptors (Lipinski definition) is 4. The van der Waals surface area contributed by atoms with Crippen molar-refractivity contribution in [3.8, 4) is 0 Å². The van der Waals surface area contributed by atoms with Gasteiger partial charge in [0, 0.05) is 12.8 Å². The van der Waals surface area contributed by atoms with Gasteiger partial charge < -0.3 is 19.7 Å². The molecule has 1 aliphatic carbocycles. The van der Waals surface area contributed by atoms with Gasteiger partial charge in [-0.3, -0.25) is 4.79 Å².